The first-order valence-electron chi connectivity index (χ1n) is 10.3. The van der Waals surface area contributed by atoms with E-state index in [9.17, 15) is 9.18 Å². The van der Waals surface area contributed by atoms with Crippen LogP contribution in [0.4, 0.5) is 4.39 Å². The molecular formula is C24H21FN2O4. The van der Waals surface area contributed by atoms with Gasteiger partial charge in [0.25, 0.3) is 5.91 Å². The van der Waals surface area contributed by atoms with Gasteiger partial charge in [-0.1, -0.05) is 12.1 Å². The summed E-state index contributed by atoms with van der Waals surface area (Å²) in [5.41, 5.74) is 1.66. The lowest BCUT2D eigenvalue weighted by Crippen LogP contribution is -2.37. The Morgan fingerprint density at radius 2 is 1.81 bits per heavy atom. The molecular weight excluding hydrogens is 399 g/mol. The van der Waals surface area contributed by atoms with Gasteiger partial charge in [-0.3, -0.25) is 4.79 Å². The van der Waals surface area contributed by atoms with Crippen LogP contribution in [0.2, 0.25) is 0 Å². The van der Waals surface area contributed by atoms with Gasteiger partial charge in [0.2, 0.25) is 0 Å². The zero-order valence-electron chi connectivity index (χ0n) is 16.8. The molecule has 1 amide bonds. The first-order valence-corrected chi connectivity index (χ1v) is 10.3. The van der Waals surface area contributed by atoms with Gasteiger partial charge in [-0.2, -0.15) is 0 Å². The number of para-hydroxylation sites is 2. The number of benzene rings is 2. The Kier molecular flexibility index (Phi) is 5.16. The number of aromatic nitrogens is 1. The highest BCUT2D eigenvalue weighted by atomic mass is 19.1. The number of rotatable bonds is 5. The summed E-state index contributed by atoms with van der Waals surface area (Å²) in [4.78, 5) is 19.2. The molecule has 0 atom stereocenters. The largest absolute Gasteiger partial charge is 0.486 e. The van der Waals surface area contributed by atoms with Crippen LogP contribution in [-0.2, 0) is 6.61 Å². The summed E-state index contributed by atoms with van der Waals surface area (Å²) >= 11 is 0. The summed E-state index contributed by atoms with van der Waals surface area (Å²) in [5, 5.41) is 0. The molecule has 5 rings (SSSR count). The van der Waals surface area contributed by atoms with Gasteiger partial charge in [0.15, 0.2) is 17.2 Å². The molecule has 4 aromatic rings. The molecule has 0 spiro atoms. The predicted molar refractivity (Wildman–Crippen MR) is 111 cm³/mol. The van der Waals surface area contributed by atoms with E-state index in [0.29, 0.717) is 24.6 Å². The molecule has 2 aromatic heterocycles. The number of hydrogen-bond acceptors (Lipinski definition) is 5. The molecule has 1 aliphatic heterocycles. The topological polar surface area (TPSA) is 68.7 Å². The number of likely N-dealkylation sites (tertiary alicyclic amines) is 1. The molecule has 0 bridgehead atoms. The van der Waals surface area contributed by atoms with Crippen molar-refractivity contribution < 1.29 is 22.8 Å². The minimum absolute atomic E-state index is 0.135. The fraction of sp³-hybridized carbons (Fsp3) is 0.250. The first kappa shape index (κ1) is 19.4. The smallest absolute Gasteiger partial charge is 0.289 e. The number of hydrogen-bond donors (Lipinski definition) is 0. The van der Waals surface area contributed by atoms with Crippen molar-refractivity contribution in [1.82, 2.24) is 9.88 Å². The maximum atomic E-state index is 13.0. The van der Waals surface area contributed by atoms with Crippen LogP contribution in [0.5, 0.6) is 5.75 Å². The van der Waals surface area contributed by atoms with Crippen molar-refractivity contribution in [3.05, 3.63) is 83.9 Å². The second-order valence-electron chi connectivity index (χ2n) is 7.59. The number of halogens is 1. The molecule has 31 heavy (non-hydrogen) atoms. The second-order valence-corrected chi connectivity index (χ2v) is 7.59. The van der Waals surface area contributed by atoms with E-state index in [4.69, 9.17) is 13.6 Å². The molecule has 0 unspecified atom stereocenters. The van der Waals surface area contributed by atoms with Crippen molar-refractivity contribution in [2.24, 2.45) is 0 Å². The van der Waals surface area contributed by atoms with Gasteiger partial charge in [-0.05, 0) is 61.4 Å². The number of nitrogens with zero attached hydrogens (tertiary/aromatic N) is 2. The molecule has 0 radical (unpaired) electrons. The lowest BCUT2D eigenvalue weighted by atomic mass is 9.96. The van der Waals surface area contributed by atoms with Crippen molar-refractivity contribution in [2.75, 3.05) is 13.1 Å². The van der Waals surface area contributed by atoms with Crippen molar-refractivity contribution in [3.8, 4) is 5.75 Å². The van der Waals surface area contributed by atoms with Gasteiger partial charge >= 0.3 is 0 Å². The number of amides is 1. The molecule has 1 aliphatic rings. The molecule has 1 saturated heterocycles. The molecule has 2 aromatic carbocycles. The van der Waals surface area contributed by atoms with Gasteiger partial charge in [0.05, 0.1) is 0 Å². The third kappa shape index (κ3) is 4.17. The minimum Gasteiger partial charge on any atom is -0.486 e. The van der Waals surface area contributed by atoms with E-state index < -0.39 is 0 Å². The normalized spacial score (nSPS) is 14.8. The monoisotopic (exact) mass is 420 g/mol. The minimum atomic E-state index is -0.321. The van der Waals surface area contributed by atoms with Crippen molar-refractivity contribution in [2.45, 2.75) is 25.4 Å². The number of piperidine rings is 1. The third-order valence-corrected chi connectivity index (χ3v) is 5.51. The highest BCUT2D eigenvalue weighted by molar-refractivity contribution is 5.91. The Balaban J connectivity index is 1.17. The van der Waals surface area contributed by atoms with Crippen LogP contribution >= 0.6 is 0 Å². The number of furan rings is 1. The highest BCUT2D eigenvalue weighted by Gasteiger charge is 2.28. The summed E-state index contributed by atoms with van der Waals surface area (Å²) in [5.74, 6) is 1.85. The average Bonchev–Trinajstić information content (AvgIpc) is 3.45. The second kappa shape index (κ2) is 8.26. The van der Waals surface area contributed by atoms with E-state index in [1.54, 1.807) is 29.2 Å². The van der Waals surface area contributed by atoms with Crippen LogP contribution in [0.1, 0.15) is 41.0 Å². The first-order chi connectivity index (χ1) is 15.2. The molecule has 3 heterocycles. The van der Waals surface area contributed by atoms with Crippen LogP contribution in [0, 0.1) is 5.82 Å². The Bertz CT molecular complexity index is 1160. The quantitative estimate of drug-likeness (QED) is 0.446. The summed E-state index contributed by atoms with van der Waals surface area (Å²) in [6.07, 6.45) is 1.58. The lowest BCUT2D eigenvalue weighted by molar-refractivity contribution is 0.0670. The van der Waals surface area contributed by atoms with E-state index in [0.717, 1.165) is 29.8 Å². The lowest BCUT2D eigenvalue weighted by Gasteiger charge is -2.29. The Labute approximate surface area is 178 Å². The highest BCUT2D eigenvalue weighted by Crippen LogP contribution is 2.30. The van der Waals surface area contributed by atoms with Crippen molar-refractivity contribution in [3.63, 3.8) is 0 Å². The summed E-state index contributed by atoms with van der Waals surface area (Å²) in [6, 6.07) is 16.9. The van der Waals surface area contributed by atoms with Crippen LogP contribution < -0.4 is 4.74 Å². The molecule has 6 nitrogen and oxygen atoms in total. The zero-order valence-corrected chi connectivity index (χ0v) is 16.8. The maximum Gasteiger partial charge on any atom is 0.289 e. The summed E-state index contributed by atoms with van der Waals surface area (Å²) < 4.78 is 30.1. The molecule has 0 aliphatic carbocycles. The van der Waals surface area contributed by atoms with Crippen LogP contribution in [0.25, 0.3) is 11.1 Å². The van der Waals surface area contributed by atoms with E-state index in [1.165, 1.54) is 12.1 Å². The van der Waals surface area contributed by atoms with Crippen LogP contribution in [0.3, 0.4) is 0 Å². The Morgan fingerprint density at radius 1 is 1.03 bits per heavy atom. The van der Waals surface area contributed by atoms with E-state index >= 15 is 0 Å². The Hall–Kier alpha value is -3.61. The van der Waals surface area contributed by atoms with E-state index in [2.05, 4.69) is 4.98 Å². The van der Waals surface area contributed by atoms with E-state index in [1.807, 2.05) is 24.3 Å². The van der Waals surface area contributed by atoms with Crippen molar-refractivity contribution >= 4 is 17.0 Å². The average molecular weight is 420 g/mol. The van der Waals surface area contributed by atoms with Gasteiger partial charge in [-0.25, -0.2) is 9.37 Å². The zero-order chi connectivity index (χ0) is 21.2. The Morgan fingerprint density at radius 3 is 2.58 bits per heavy atom. The molecule has 0 saturated carbocycles. The predicted octanol–water partition coefficient (Wildman–Crippen LogP) is 5.16. The molecule has 158 valence electrons. The van der Waals surface area contributed by atoms with Crippen molar-refractivity contribution in [1.29, 1.82) is 0 Å². The van der Waals surface area contributed by atoms with Gasteiger partial charge in [0, 0.05) is 19.0 Å². The van der Waals surface area contributed by atoms with Crippen LogP contribution in [-0.4, -0.2) is 28.9 Å². The fourth-order valence-corrected chi connectivity index (χ4v) is 3.81. The number of carbonyl (C=O) groups excluding carboxylic acids is 1. The number of carbonyl (C=O) groups is 1. The van der Waals surface area contributed by atoms with Crippen LogP contribution in [0.15, 0.2) is 69.5 Å². The number of ether oxygens (including phenoxy) is 1. The maximum absolute atomic E-state index is 13.0. The van der Waals surface area contributed by atoms with Gasteiger partial charge in [-0.15, -0.1) is 0 Å². The van der Waals surface area contributed by atoms with E-state index in [-0.39, 0.29) is 30.0 Å². The van der Waals surface area contributed by atoms with Gasteiger partial charge in [0.1, 0.15) is 29.5 Å². The fourth-order valence-electron chi connectivity index (χ4n) is 3.81. The standard InChI is InChI=1S/C24H21FN2O4/c25-17-5-7-18(8-6-17)29-15-19-9-10-22(30-19)24(28)27-13-11-16(12-14-27)23-26-20-3-1-2-4-21(20)31-23/h1-10,16H,11-15H2. The summed E-state index contributed by atoms with van der Waals surface area (Å²) in [7, 11) is 0. The number of oxazole rings is 1. The van der Waals surface area contributed by atoms with Gasteiger partial charge < -0.3 is 18.5 Å². The molecule has 7 heteroatoms. The number of fused-ring (bicyclic) bond motifs is 1. The summed E-state index contributed by atoms with van der Waals surface area (Å²) in [6.45, 7) is 1.40. The molecule has 0 N–H and O–H groups in total. The SMILES string of the molecule is O=C(c1ccc(COc2ccc(F)cc2)o1)N1CCC(c2nc3ccccc3o2)CC1. The molecule has 1 fully saturated rings. The third-order valence-electron chi connectivity index (χ3n) is 5.51.